The Kier molecular flexibility index (Phi) is 5.45. The Morgan fingerprint density at radius 1 is 0.525 bits per heavy atom. The van der Waals surface area contributed by atoms with Gasteiger partial charge in [-0.25, -0.2) is 0 Å². The molecule has 1 aliphatic rings. The molecule has 0 unspecified atom stereocenters. The van der Waals surface area contributed by atoms with Crippen LogP contribution in [0.3, 0.4) is 0 Å². The predicted octanol–water partition coefficient (Wildman–Crippen LogP) is 10.2. The second-order valence-electron chi connectivity index (χ2n) is 10.9. The van der Waals surface area contributed by atoms with Gasteiger partial charge in [0.1, 0.15) is 0 Å². The SMILES string of the molecule is Cc1cc2c(c(-c3cccc(-c4ccccc4)c3-c3cccc4[se]c5ccccc5c34)c1C)Cc1ccccc1-2. The molecular formula is C39H28Se. The molecule has 0 radical (unpaired) electrons. The number of fused-ring (bicyclic) bond motifs is 6. The van der Waals surface area contributed by atoms with Crippen molar-refractivity contribution in [3.63, 3.8) is 0 Å². The van der Waals surface area contributed by atoms with Gasteiger partial charge in [0.25, 0.3) is 0 Å². The minimum absolute atomic E-state index is 0.325. The van der Waals surface area contributed by atoms with Crippen LogP contribution in [0, 0.1) is 13.8 Å². The van der Waals surface area contributed by atoms with Crippen molar-refractivity contribution in [2.75, 3.05) is 0 Å². The van der Waals surface area contributed by atoms with Crippen molar-refractivity contribution in [3.8, 4) is 44.5 Å². The van der Waals surface area contributed by atoms with E-state index >= 15 is 0 Å². The number of hydrogen-bond acceptors (Lipinski definition) is 0. The van der Waals surface area contributed by atoms with Crippen molar-refractivity contribution < 1.29 is 0 Å². The second kappa shape index (κ2) is 9.20. The van der Waals surface area contributed by atoms with Crippen LogP contribution in [0.5, 0.6) is 0 Å². The third-order valence-corrected chi connectivity index (χ3v) is 11.1. The van der Waals surface area contributed by atoms with Crippen molar-refractivity contribution in [2.45, 2.75) is 20.3 Å². The molecule has 1 heterocycles. The van der Waals surface area contributed by atoms with E-state index in [4.69, 9.17) is 0 Å². The van der Waals surface area contributed by atoms with Crippen LogP contribution in [0.2, 0.25) is 0 Å². The first-order chi connectivity index (χ1) is 19.7. The Morgan fingerprint density at radius 2 is 1.20 bits per heavy atom. The van der Waals surface area contributed by atoms with Crippen molar-refractivity contribution in [2.24, 2.45) is 0 Å². The molecule has 0 saturated carbocycles. The summed E-state index contributed by atoms with van der Waals surface area (Å²) in [7, 11) is 0. The molecule has 190 valence electrons. The van der Waals surface area contributed by atoms with Crippen LogP contribution in [0.15, 0.2) is 121 Å². The Balaban J connectivity index is 1.52. The van der Waals surface area contributed by atoms with Crippen molar-refractivity contribution >= 4 is 33.8 Å². The van der Waals surface area contributed by atoms with Crippen LogP contribution in [0.1, 0.15) is 22.3 Å². The van der Waals surface area contributed by atoms with Crippen LogP contribution in [0.25, 0.3) is 63.8 Å². The van der Waals surface area contributed by atoms with Gasteiger partial charge < -0.3 is 0 Å². The summed E-state index contributed by atoms with van der Waals surface area (Å²) in [5.74, 6) is 0. The molecule has 0 saturated heterocycles. The Labute approximate surface area is 241 Å². The third-order valence-electron chi connectivity index (χ3n) is 8.72. The average Bonchev–Trinajstić information content (AvgIpc) is 3.56. The van der Waals surface area contributed by atoms with Crippen LogP contribution < -0.4 is 0 Å². The Hall–Kier alpha value is -4.16. The summed E-state index contributed by atoms with van der Waals surface area (Å²) in [6.07, 6.45) is 0.982. The van der Waals surface area contributed by atoms with Gasteiger partial charge in [0, 0.05) is 0 Å². The van der Waals surface area contributed by atoms with Gasteiger partial charge in [-0.2, -0.15) is 0 Å². The van der Waals surface area contributed by atoms with Crippen molar-refractivity contribution in [1.82, 2.24) is 0 Å². The zero-order valence-electron chi connectivity index (χ0n) is 22.7. The molecule has 8 rings (SSSR count). The first kappa shape index (κ1) is 23.7. The molecule has 0 amide bonds. The summed E-state index contributed by atoms with van der Waals surface area (Å²) in [5, 5.41) is 2.83. The first-order valence-corrected chi connectivity index (χ1v) is 15.7. The summed E-state index contributed by atoms with van der Waals surface area (Å²) >= 11 is 0.325. The molecule has 1 heteroatoms. The normalized spacial score (nSPS) is 12.2. The van der Waals surface area contributed by atoms with E-state index in [1.807, 2.05) is 0 Å². The average molecular weight is 576 g/mol. The fraction of sp³-hybridized carbons (Fsp3) is 0.0769. The van der Waals surface area contributed by atoms with Crippen LogP contribution in [0.4, 0.5) is 0 Å². The number of hydrogen-bond donors (Lipinski definition) is 0. The summed E-state index contributed by atoms with van der Waals surface area (Å²) in [6.45, 7) is 4.60. The minimum atomic E-state index is 0.325. The number of benzene rings is 6. The fourth-order valence-corrected chi connectivity index (χ4v) is 9.15. The molecule has 0 nitrogen and oxygen atoms in total. The number of rotatable bonds is 3. The van der Waals surface area contributed by atoms with E-state index < -0.39 is 0 Å². The van der Waals surface area contributed by atoms with Gasteiger partial charge in [0.05, 0.1) is 0 Å². The summed E-state index contributed by atoms with van der Waals surface area (Å²) in [4.78, 5) is 0. The van der Waals surface area contributed by atoms with E-state index in [0.29, 0.717) is 14.5 Å². The van der Waals surface area contributed by atoms with E-state index in [1.54, 1.807) is 0 Å². The number of aryl methyl sites for hydroxylation is 1. The molecule has 0 spiro atoms. The maximum atomic E-state index is 2.42. The first-order valence-electron chi connectivity index (χ1n) is 14.0. The van der Waals surface area contributed by atoms with Gasteiger partial charge in [-0.05, 0) is 0 Å². The van der Waals surface area contributed by atoms with Gasteiger partial charge >= 0.3 is 242 Å². The van der Waals surface area contributed by atoms with E-state index in [-0.39, 0.29) is 0 Å². The van der Waals surface area contributed by atoms with Gasteiger partial charge in [-0.3, -0.25) is 0 Å². The molecule has 6 aromatic carbocycles. The zero-order valence-corrected chi connectivity index (χ0v) is 24.4. The third kappa shape index (κ3) is 3.52. The van der Waals surface area contributed by atoms with E-state index in [9.17, 15) is 0 Å². The molecule has 0 fully saturated rings. The second-order valence-corrected chi connectivity index (χ2v) is 13.2. The van der Waals surface area contributed by atoms with Gasteiger partial charge in [-0.15, -0.1) is 0 Å². The van der Waals surface area contributed by atoms with E-state index in [2.05, 4.69) is 135 Å². The van der Waals surface area contributed by atoms with Gasteiger partial charge in [0.2, 0.25) is 0 Å². The Morgan fingerprint density at radius 3 is 2.10 bits per heavy atom. The zero-order chi connectivity index (χ0) is 26.8. The standard InChI is InChI=1S/C39H28Se/c1-24-22-33-28-15-7-6-14-27(28)23-34(33)37(25(24)2)31-18-10-17-29(26-12-4-3-5-13-26)38(31)32-19-11-21-36-39(32)30-16-8-9-20-35(30)40-36/h3-22H,23H2,1-2H3. The van der Waals surface area contributed by atoms with Crippen molar-refractivity contribution in [1.29, 1.82) is 0 Å². The molecule has 0 atom stereocenters. The molecule has 0 aliphatic heterocycles. The van der Waals surface area contributed by atoms with Crippen LogP contribution in [-0.2, 0) is 6.42 Å². The quantitative estimate of drug-likeness (QED) is 0.184. The topological polar surface area (TPSA) is 0 Å². The van der Waals surface area contributed by atoms with Crippen LogP contribution in [-0.4, -0.2) is 14.5 Å². The van der Waals surface area contributed by atoms with E-state index in [1.165, 1.54) is 86.1 Å². The van der Waals surface area contributed by atoms with Crippen LogP contribution >= 0.6 is 0 Å². The van der Waals surface area contributed by atoms with Gasteiger partial charge in [0.15, 0.2) is 0 Å². The monoisotopic (exact) mass is 576 g/mol. The summed E-state index contributed by atoms with van der Waals surface area (Å²) in [6, 6.07) is 45.3. The summed E-state index contributed by atoms with van der Waals surface area (Å²) < 4.78 is 2.97. The molecular weight excluding hydrogens is 547 g/mol. The fourth-order valence-electron chi connectivity index (χ4n) is 6.78. The maximum absolute atomic E-state index is 2.42. The Bertz CT molecular complexity index is 2090. The van der Waals surface area contributed by atoms with Gasteiger partial charge in [-0.1, -0.05) is 0 Å². The molecule has 1 aliphatic carbocycles. The molecule has 1 aromatic heterocycles. The molecule has 0 N–H and O–H groups in total. The summed E-state index contributed by atoms with van der Waals surface area (Å²) in [5.41, 5.74) is 16.4. The molecule has 40 heavy (non-hydrogen) atoms. The van der Waals surface area contributed by atoms with E-state index in [0.717, 1.165) is 6.42 Å². The molecule has 0 bridgehead atoms. The predicted molar refractivity (Wildman–Crippen MR) is 172 cm³/mol. The van der Waals surface area contributed by atoms with Crippen molar-refractivity contribution in [3.05, 3.63) is 144 Å². The molecule has 7 aromatic rings.